The van der Waals surface area contributed by atoms with Gasteiger partial charge >= 0.3 is 5.97 Å². The maximum absolute atomic E-state index is 12.8. The van der Waals surface area contributed by atoms with E-state index in [1.165, 1.54) is 29.2 Å². The van der Waals surface area contributed by atoms with E-state index in [0.29, 0.717) is 24.9 Å². The predicted octanol–water partition coefficient (Wildman–Crippen LogP) is 2.15. The lowest BCUT2D eigenvalue weighted by molar-refractivity contribution is -0.148. The van der Waals surface area contributed by atoms with Crippen molar-refractivity contribution in [2.24, 2.45) is 5.41 Å². The Labute approximate surface area is 110 Å². The fourth-order valence-corrected chi connectivity index (χ4v) is 2.44. The number of hydrogen-bond acceptors (Lipinski definition) is 2. The zero-order valence-electron chi connectivity index (χ0n) is 10.7. The topological polar surface area (TPSA) is 57.6 Å². The van der Waals surface area contributed by atoms with E-state index in [1.807, 2.05) is 6.92 Å². The molecule has 102 valence electrons. The van der Waals surface area contributed by atoms with Gasteiger partial charge in [0.1, 0.15) is 5.82 Å². The first kappa shape index (κ1) is 13.5. The van der Waals surface area contributed by atoms with Crippen LogP contribution in [0.3, 0.4) is 0 Å². The zero-order chi connectivity index (χ0) is 14.0. The number of carboxylic acids is 1. The molecule has 0 spiro atoms. The van der Waals surface area contributed by atoms with E-state index in [0.717, 1.165) is 0 Å². The van der Waals surface area contributed by atoms with Crippen molar-refractivity contribution in [1.29, 1.82) is 0 Å². The van der Waals surface area contributed by atoms with Crippen LogP contribution in [0.1, 0.15) is 30.1 Å². The van der Waals surface area contributed by atoms with Crippen LogP contribution in [-0.2, 0) is 4.79 Å². The third-order valence-electron chi connectivity index (χ3n) is 3.86. The Morgan fingerprint density at radius 1 is 1.37 bits per heavy atom. The van der Waals surface area contributed by atoms with E-state index in [1.54, 1.807) is 0 Å². The van der Waals surface area contributed by atoms with Crippen LogP contribution >= 0.6 is 0 Å². The molecule has 4 nitrogen and oxygen atoms in total. The van der Waals surface area contributed by atoms with E-state index in [9.17, 15) is 19.1 Å². The van der Waals surface area contributed by atoms with Gasteiger partial charge in [0.2, 0.25) is 0 Å². The van der Waals surface area contributed by atoms with Gasteiger partial charge in [-0.3, -0.25) is 9.59 Å². The molecule has 1 atom stereocenters. The highest BCUT2D eigenvalue weighted by molar-refractivity contribution is 5.95. The third kappa shape index (κ3) is 2.45. The largest absolute Gasteiger partial charge is 0.481 e. The number of aliphatic carboxylic acids is 1. The molecule has 2 rings (SSSR count). The lowest BCUT2D eigenvalue weighted by Crippen LogP contribution is -2.36. The number of nitrogens with zero attached hydrogens (tertiary/aromatic N) is 1. The number of carbonyl (C=O) groups is 2. The summed E-state index contributed by atoms with van der Waals surface area (Å²) in [7, 11) is 0. The number of carbonyl (C=O) groups excluding carboxylic acids is 1. The molecule has 1 aliphatic rings. The van der Waals surface area contributed by atoms with Crippen molar-refractivity contribution in [1.82, 2.24) is 4.90 Å². The summed E-state index contributed by atoms with van der Waals surface area (Å²) in [4.78, 5) is 25.0. The molecule has 1 aliphatic heterocycles. The highest BCUT2D eigenvalue weighted by Gasteiger charge is 2.44. The van der Waals surface area contributed by atoms with Crippen LogP contribution in [0.4, 0.5) is 4.39 Å². The molecule has 1 saturated heterocycles. The first-order chi connectivity index (χ1) is 8.98. The van der Waals surface area contributed by atoms with Gasteiger partial charge in [-0.15, -0.1) is 0 Å². The average Bonchev–Trinajstić information content (AvgIpc) is 2.84. The number of benzene rings is 1. The van der Waals surface area contributed by atoms with Crippen LogP contribution in [0.5, 0.6) is 0 Å². The fourth-order valence-electron chi connectivity index (χ4n) is 2.44. The summed E-state index contributed by atoms with van der Waals surface area (Å²) in [5.74, 6) is -1.49. The van der Waals surface area contributed by atoms with Gasteiger partial charge in [0.25, 0.3) is 5.91 Å². The maximum atomic E-state index is 12.8. The molecule has 0 radical (unpaired) electrons. The van der Waals surface area contributed by atoms with Crippen molar-refractivity contribution in [2.45, 2.75) is 19.8 Å². The Morgan fingerprint density at radius 3 is 2.47 bits per heavy atom. The second-order valence-electron chi connectivity index (χ2n) is 4.92. The molecule has 0 aliphatic carbocycles. The Balaban J connectivity index is 2.14. The smallest absolute Gasteiger partial charge is 0.311 e. The number of amides is 1. The van der Waals surface area contributed by atoms with Gasteiger partial charge < -0.3 is 10.0 Å². The number of carboxylic acid groups (broad SMARTS) is 1. The molecular formula is C14H16FNO3. The minimum Gasteiger partial charge on any atom is -0.481 e. The van der Waals surface area contributed by atoms with Crippen molar-refractivity contribution in [3.8, 4) is 0 Å². The Kier molecular flexibility index (Phi) is 3.55. The summed E-state index contributed by atoms with van der Waals surface area (Å²) in [5, 5.41) is 9.28. The van der Waals surface area contributed by atoms with E-state index in [2.05, 4.69) is 0 Å². The number of hydrogen-bond donors (Lipinski definition) is 1. The maximum Gasteiger partial charge on any atom is 0.311 e. The summed E-state index contributed by atoms with van der Waals surface area (Å²) >= 11 is 0. The van der Waals surface area contributed by atoms with Gasteiger partial charge in [-0.05, 0) is 37.1 Å². The quantitative estimate of drug-likeness (QED) is 0.911. The normalized spacial score (nSPS) is 22.5. The first-order valence-corrected chi connectivity index (χ1v) is 6.27. The van der Waals surface area contributed by atoms with Crippen LogP contribution in [0, 0.1) is 11.2 Å². The highest BCUT2D eigenvalue weighted by atomic mass is 19.1. The molecule has 1 unspecified atom stereocenters. The summed E-state index contributed by atoms with van der Waals surface area (Å²) in [6, 6.07) is 5.30. The molecule has 0 aromatic heterocycles. The van der Waals surface area contributed by atoms with Crippen LogP contribution in [0.2, 0.25) is 0 Å². The molecule has 1 amide bonds. The fraction of sp³-hybridized carbons (Fsp3) is 0.429. The van der Waals surface area contributed by atoms with Crippen LogP contribution in [0.25, 0.3) is 0 Å². The Morgan fingerprint density at radius 2 is 2.00 bits per heavy atom. The average molecular weight is 265 g/mol. The minimum atomic E-state index is -0.857. The Hall–Kier alpha value is -1.91. The minimum absolute atomic E-state index is 0.217. The molecule has 5 heteroatoms. The molecule has 1 aromatic rings. The molecule has 1 N–H and O–H groups in total. The van der Waals surface area contributed by atoms with Gasteiger partial charge in [0.05, 0.1) is 5.41 Å². The van der Waals surface area contributed by atoms with Crippen molar-refractivity contribution < 1.29 is 19.1 Å². The van der Waals surface area contributed by atoms with Gasteiger partial charge in [-0.1, -0.05) is 6.92 Å². The van der Waals surface area contributed by atoms with E-state index >= 15 is 0 Å². The highest BCUT2D eigenvalue weighted by Crippen LogP contribution is 2.34. The van der Waals surface area contributed by atoms with Crippen molar-refractivity contribution in [3.63, 3.8) is 0 Å². The lowest BCUT2D eigenvalue weighted by atomic mass is 9.84. The van der Waals surface area contributed by atoms with Crippen LogP contribution < -0.4 is 0 Å². The number of halogens is 1. The van der Waals surface area contributed by atoms with E-state index in [-0.39, 0.29) is 12.5 Å². The van der Waals surface area contributed by atoms with Gasteiger partial charge in [0.15, 0.2) is 0 Å². The Bertz CT molecular complexity index is 500. The summed E-state index contributed by atoms with van der Waals surface area (Å²) in [6.45, 7) is 2.46. The van der Waals surface area contributed by atoms with E-state index < -0.39 is 17.2 Å². The molecule has 1 aromatic carbocycles. The monoisotopic (exact) mass is 265 g/mol. The number of likely N-dealkylation sites (tertiary alicyclic amines) is 1. The van der Waals surface area contributed by atoms with Gasteiger partial charge in [-0.2, -0.15) is 0 Å². The summed E-state index contributed by atoms with van der Waals surface area (Å²) < 4.78 is 12.8. The van der Waals surface area contributed by atoms with Crippen LogP contribution in [0.15, 0.2) is 24.3 Å². The summed E-state index contributed by atoms with van der Waals surface area (Å²) in [5.41, 5.74) is -0.450. The SMILES string of the molecule is CCC1(C(=O)O)CCN(C(=O)c2ccc(F)cc2)C1. The van der Waals surface area contributed by atoms with Crippen molar-refractivity contribution in [2.75, 3.05) is 13.1 Å². The molecular weight excluding hydrogens is 249 g/mol. The van der Waals surface area contributed by atoms with Crippen LogP contribution in [-0.4, -0.2) is 35.0 Å². The van der Waals surface area contributed by atoms with Gasteiger partial charge in [-0.25, -0.2) is 4.39 Å². The summed E-state index contributed by atoms with van der Waals surface area (Å²) in [6.07, 6.45) is 0.960. The molecule has 19 heavy (non-hydrogen) atoms. The second-order valence-corrected chi connectivity index (χ2v) is 4.92. The lowest BCUT2D eigenvalue weighted by Gasteiger charge is -2.23. The van der Waals surface area contributed by atoms with Gasteiger partial charge in [0, 0.05) is 18.7 Å². The second kappa shape index (κ2) is 4.99. The molecule has 1 fully saturated rings. The molecule has 0 bridgehead atoms. The molecule has 0 saturated carbocycles. The standard InChI is InChI=1S/C14H16FNO3/c1-2-14(13(18)19)7-8-16(9-14)12(17)10-3-5-11(15)6-4-10/h3-6H,2,7-9H2,1H3,(H,18,19). The number of rotatable bonds is 3. The first-order valence-electron chi connectivity index (χ1n) is 6.27. The van der Waals surface area contributed by atoms with Crippen molar-refractivity contribution in [3.05, 3.63) is 35.6 Å². The zero-order valence-corrected chi connectivity index (χ0v) is 10.7. The predicted molar refractivity (Wildman–Crippen MR) is 67.3 cm³/mol. The van der Waals surface area contributed by atoms with Crippen molar-refractivity contribution >= 4 is 11.9 Å². The van der Waals surface area contributed by atoms with E-state index in [4.69, 9.17) is 0 Å². The molecule has 1 heterocycles. The third-order valence-corrected chi connectivity index (χ3v) is 3.86.